The van der Waals surface area contributed by atoms with E-state index in [1.54, 1.807) is 12.4 Å². The first kappa shape index (κ1) is 16.4. The van der Waals surface area contributed by atoms with Crippen LogP contribution >= 0.6 is 0 Å². The molecule has 0 aliphatic carbocycles. The minimum absolute atomic E-state index is 0.239. The fourth-order valence-corrected chi connectivity index (χ4v) is 2.80. The zero-order chi connectivity index (χ0) is 17.3. The fraction of sp³-hybridized carbons (Fsp3) is 0.471. The molecule has 0 bridgehead atoms. The Morgan fingerprint density at radius 2 is 2.12 bits per heavy atom. The maximum atomic E-state index is 11.4. The molecule has 0 aromatic carbocycles. The van der Waals surface area contributed by atoms with Crippen molar-refractivity contribution in [1.82, 2.24) is 14.9 Å². The number of aryl methyl sites for hydroxylation is 1. The van der Waals surface area contributed by atoms with Crippen LogP contribution in [0, 0.1) is 13.8 Å². The zero-order valence-electron chi connectivity index (χ0n) is 14.4. The molecular weight excluding hydrogens is 308 g/mol. The molecule has 0 amide bonds. The van der Waals surface area contributed by atoms with Crippen LogP contribution in [0.2, 0.25) is 0 Å². The molecule has 0 atom stereocenters. The Balaban J connectivity index is 1.57. The molecule has 7 heteroatoms. The molecule has 0 spiro atoms. The van der Waals surface area contributed by atoms with E-state index in [-0.39, 0.29) is 5.76 Å². The third kappa shape index (κ3) is 3.12. The summed E-state index contributed by atoms with van der Waals surface area (Å²) in [6.45, 7) is 6.53. The normalized spacial score (nSPS) is 14.8. The highest BCUT2D eigenvalue weighted by Crippen LogP contribution is 2.26. The van der Waals surface area contributed by atoms with Gasteiger partial charge in [-0.3, -0.25) is 4.90 Å². The molecule has 0 unspecified atom stereocenters. The van der Waals surface area contributed by atoms with E-state index in [9.17, 15) is 4.79 Å². The monoisotopic (exact) mass is 330 g/mol. The summed E-state index contributed by atoms with van der Waals surface area (Å²) in [5.41, 5.74) is 2.15. The van der Waals surface area contributed by atoms with Crippen molar-refractivity contribution in [3.63, 3.8) is 0 Å². The van der Waals surface area contributed by atoms with E-state index in [4.69, 9.17) is 4.42 Å². The van der Waals surface area contributed by atoms with Crippen molar-refractivity contribution in [1.29, 1.82) is 0 Å². The molecule has 3 rings (SSSR count). The summed E-state index contributed by atoms with van der Waals surface area (Å²) in [5, 5.41) is 0. The molecule has 0 saturated carbocycles. The quantitative estimate of drug-likeness (QED) is 0.774. The highest BCUT2D eigenvalue weighted by Gasteiger charge is 2.32. The lowest BCUT2D eigenvalue weighted by atomic mass is 10.1. The molecule has 1 aliphatic heterocycles. The molecule has 2 aromatic rings. The largest absolute Gasteiger partial charge is 0.463 e. The summed E-state index contributed by atoms with van der Waals surface area (Å²) in [5.74, 6) is 1.56. The lowest BCUT2D eigenvalue weighted by Gasteiger charge is -2.45. The minimum Gasteiger partial charge on any atom is -0.463 e. The van der Waals surface area contributed by atoms with Crippen LogP contribution in [0.1, 0.15) is 27.6 Å². The van der Waals surface area contributed by atoms with Crippen molar-refractivity contribution >= 4 is 11.8 Å². The lowest BCUT2D eigenvalue weighted by molar-refractivity contribution is 0.0560. The first-order valence-electron chi connectivity index (χ1n) is 7.90. The lowest BCUT2D eigenvalue weighted by Crippen LogP contribution is -2.58. The van der Waals surface area contributed by atoms with Gasteiger partial charge in [0.25, 0.3) is 0 Å². The van der Waals surface area contributed by atoms with Crippen LogP contribution in [-0.4, -0.2) is 54.1 Å². The van der Waals surface area contributed by atoms with Crippen LogP contribution < -0.4 is 4.90 Å². The van der Waals surface area contributed by atoms with Gasteiger partial charge in [-0.05, 0) is 33.0 Å². The summed E-state index contributed by atoms with van der Waals surface area (Å²) in [6.07, 6.45) is 1.62. The molecule has 0 N–H and O–H groups in total. The highest BCUT2D eigenvalue weighted by molar-refractivity contribution is 5.86. The van der Waals surface area contributed by atoms with E-state index < -0.39 is 5.97 Å². The topological polar surface area (TPSA) is 71.7 Å². The van der Waals surface area contributed by atoms with E-state index in [0.717, 1.165) is 35.9 Å². The second kappa shape index (κ2) is 6.60. The van der Waals surface area contributed by atoms with E-state index in [0.29, 0.717) is 12.6 Å². The van der Waals surface area contributed by atoms with Crippen LogP contribution in [0.25, 0.3) is 0 Å². The van der Waals surface area contributed by atoms with Gasteiger partial charge >= 0.3 is 5.97 Å². The molecule has 3 heterocycles. The summed E-state index contributed by atoms with van der Waals surface area (Å²) in [6, 6.07) is 3.89. The molecule has 128 valence electrons. The zero-order valence-corrected chi connectivity index (χ0v) is 14.4. The van der Waals surface area contributed by atoms with Gasteiger partial charge in [-0.2, -0.15) is 0 Å². The number of carbonyl (C=O) groups is 1. The highest BCUT2D eigenvalue weighted by atomic mass is 16.5. The van der Waals surface area contributed by atoms with E-state index in [1.165, 1.54) is 7.11 Å². The number of ether oxygens (including phenoxy) is 1. The van der Waals surface area contributed by atoms with Gasteiger partial charge in [0.1, 0.15) is 17.9 Å². The van der Waals surface area contributed by atoms with Crippen molar-refractivity contribution in [3.8, 4) is 0 Å². The molecule has 0 radical (unpaired) electrons. The Labute approximate surface area is 141 Å². The van der Waals surface area contributed by atoms with Gasteiger partial charge in [0.15, 0.2) is 0 Å². The number of rotatable bonds is 5. The Kier molecular flexibility index (Phi) is 4.53. The predicted molar refractivity (Wildman–Crippen MR) is 89.0 cm³/mol. The SMILES string of the molecule is COC(=O)c1ccc(CN(C)C2CN(c3ncnc(C)c3C)C2)o1. The van der Waals surface area contributed by atoms with Gasteiger partial charge in [0, 0.05) is 30.4 Å². The van der Waals surface area contributed by atoms with E-state index in [2.05, 4.69) is 38.5 Å². The van der Waals surface area contributed by atoms with Crippen molar-refractivity contribution in [3.05, 3.63) is 41.2 Å². The number of furan rings is 1. The number of hydrogen-bond donors (Lipinski definition) is 0. The fourth-order valence-electron chi connectivity index (χ4n) is 2.80. The number of likely N-dealkylation sites (N-methyl/N-ethyl adjacent to an activating group) is 1. The average molecular weight is 330 g/mol. The van der Waals surface area contributed by atoms with E-state index >= 15 is 0 Å². The Bertz CT molecular complexity index is 737. The van der Waals surface area contributed by atoms with Crippen molar-refractivity contribution in [2.75, 3.05) is 32.1 Å². The van der Waals surface area contributed by atoms with Crippen molar-refractivity contribution < 1.29 is 13.9 Å². The van der Waals surface area contributed by atoms with Crippen LogP contribution in [-0.2, 0) is 11.3 Å². The van der Waals surface area contributed by atoms with Gasteiger partial charge in [-0.25, -0.2) is 14.8 Å². The first-order valence-corrected chi connectivity index (χ1v) is 7.90. The van der Waals surface area contributed by atoms with Crippen LogP contribution in [0.5, 0.6) is 0 Å². The molecule has 1 aliphatic rings. The van der Waals surface area contributed by atoms with Crippen LogP contribution in [0.15, 0.2) is 22.9 Å². The number of nitrogens with zero attached hydrogens (tertiary/aromatic N) is 4. The third-order valence-corrected chi connectivity index (χ3v) is 4.55. The van der Waals surface area contributed by atoms with Crippen LogP contribution in [0.3, 0.4) is 0 Å². The molecule has 7 nitrogen and oxygen atoms in total. The Hall–Kier alpha value is -2.41. The summed E-state index contributed by atoms with van der Waals surface area (Å²) in [4.78, 5) is 24.5. The summed E-state index contributed by atoms with van der Waals surface area (Å²) in [7, 11) is 3.40. The second-order valence-electron chi connectivity index (χ2n) is 6.14. The number of hydrogen-bond acceptors (Lipinski definition) is 7. The second-order valence-corrected chi connectivity index (χ2v) is 6.14. The molecule has 24 heavy (non-hydrogen) atoms. The number of anilines is 1. The number of aromatic nitrogens is 2. The maximum Gasteiger partial charge on any atom is 0.373 e. The third-order valence-electron chi connectivity index (χ3n) is 4.55. The molecule has 1 fully saturated rings. The number of methoxy groups -OCH3 is 1. The first-order chi connectivity index (χ1) is 11.5. The predicted octanol–water partition coefficient (Wildman–Crippen LogP) is 1.79. The maximum absolute atomic E-state index is 11.4. The molecule has 2 aromatic heterocycles. The van der Waals surface area contributed by atoms with Crippen molar-refractivity contribution in [2.45, 2.75) is 26.4 Å². The standard InChI is InChI=1S/C17H22N4O3/c1-11-12(2)18-10-19-16(11)21-7-13(8-21)20(3)9-14-5-6-15(24-14)17(22)23-4/h5-6,10,13H,7-9H2,1-4H3. The van der Waals surface area contributed by atoms with Crippen LogP contribution in [0.4, 0.5) is 5.82 Å². The summed E-state index contributed by atoms with van der Waals surface area (Å²) < 4.78 is 10.2. The van der Waals surface area contributed by atoms with Crippen molar-refractivity contribution in [2.24, 2.45) is 0 Å². The smallest absolute Gasteiger partial charge is 0.373 e. The van der Waals surface area contributed by atoms with Gasteiger partial charge in [-0.15, -0.1) is 0 Å². The Morgan fingerprint density at radius 1 is 1.38 bits per heavy atom. The van der Waals surface area contributed by atoms with Gasteiger partial charge in [0.05, 0.1) is 13.7 Å². The molecule has 1 saturated heterocycles. The summed E-state index contributed by atoms with van der Waals surface area (Å²) >= 11 is 0. The number of carbonyl (C=O) groups excluding carboxylic acids is 1. The molecular formula is C17H22N4O3. The Morgan fingerprint density at radius 3 is 2.83 bits per heavy atom. The van der Waals surface area contributed by atoms with Gasteiger partial charge in [-0.1, -0.05) is 0 Å². The van der Waals surface area contributed by atoms with Gasteiger partial charge in [0.2, 0.25) is 5.76 Å². The van der Waals surface area contributed by atoms with E-state index in [1.807, 2.05) is 13.0 Å². The number of esters is 1. The minimum atomic E-state index is -0.451. The average Bonchev–Trinajstić information content (AvgIpc) is 2.97. The van der Waals surface area contributed by atoms with Gasteiger partial charge < -0.3 is 14.1 Å².